The molecule has 2 heterocycles. The van der Waals surface area contributed by atoms with E-state index in [2.05, 4.69) is 12.0 Å². The average molecular weight is 357 g/mol. The number of carbonyl (C=O) groups is 2. The van der Waals surface area contributed by atoms with Gasteiger partial charge in [0, 0.05) is 13.1 Å². The van der Waals surface area contributed by atoms with Crippen molar-refractivity contribution in [2.45, 2.75) is 19.8 Å². The van der Waals surface area contributed by atoms with Gasteiger partial charge in [0.15, 0.2) is 12.4 Å². The lowest BCUT2D eigenvalue weighted by atomic mass is 9.99. The molecule has 1 amide bonds. The highest BCUT2D eigenvalue weighted by Crippen LogP contribution is 2.20. The number of aromatic nitrogens is 2. The van der Waals surface area contributed by atoms with Crippen molar-refractivity contribution >= 4 is 11.9 Å². The molecule has 0 spiro atoms. The summed E-state index contributed by atoms with van der Waals surface area (Å²) in [6, 6.07) is 9.37. The van der Waals surface area contributed by atoms with Crippen LogP contribution in [0.25, 0.3) is 5.69 Å². The highest BCUT2D eigenvalue weighted by molar-refractivity contribution is 5.92. The van der Waals surface area contributed by atoms with Crippen LogP contribution < -0.4 is 4.74 Å². The van der Waals surface area contributed by atoms with E-state index in [1.165, 1.54) is 7.11 Å². The first-order valence-corrected chi connectivity index (χ1v) is 8.72. The highest BCUT2D eigenvalue weighted by Gasteiger charge is 2.24. The number of rotatable bonds is 5. The molecule has 0 radical (unpaired) electrons. The molecule has 7 heteroatoms. The lowest BCUT2D eigenvalue weighted by Gasteiger charge is -2.30. The van der Waals surface area contributed by atoms with Crippen LogP contribution in [-0.4, -0.2) is 53.4 Å². The summed E-state index contributed by atoms with van der Waals surface area (Å²) in [7, 11) is 1.46. The molecule has 1 aromatic heterocycles. The second-order valence-electron chi connectivity index (χ2n) is 6.47. The van der Waals surface area contributed by atoms with E-state index in [0.29, 0.717) is 24.8 Å². The van der Waals surface area contributed by atoms with E-state index < -0.39 is 5.97 Å². The van der Waals surface area contributed by atoms with Crippen molar-refractivity contribution in [3.05, 3.63) is 42.2 Å². The fraction of sp³-hybridized carbons (Fsp3) is 0.421. The summed E-state index contributed by atoms with van der Waals surface area (Å²) in [6.07, 6.45) is 3.57. The number of methoxy groups -OCH3 is 1. The van der Waals surface area contributed by atoms with Crippen molar-refractivity contribution in [1.29, 1.82) is 0 Å². The van der Waals surface area contributed by atoms with Gasteiger partial charge in [-0.25, -0.2) is 9.48 Å². The van der Waals surface area contributed by atoms with Gasteiger partial charge in [0.2, 0.25) is 5.69 Å². The van der Waals surface area contributed by atoms with Gasteiger partial charge >= 0.3 is 5.97 Å². The molecule has 0 N–H and O–H groups in total. The molecule has 0 saturated carbocycles. The Hall–Kier alpha value is -2.83. The van der Waals surface area contributed by atoms with E-state index in [1.807, 2.05) is 30.3 Å². The maximum atomic E-state index is 12.4. The van der Waals surface area contributed by atoms with Crippen molar-refractivity contribution in [3.63, 3.8) is 0 Å². The number of hydrogen-bond donors (Lipinski definition) is 0. The summed E-state index contributed by atoms with van der Waals surface area (Å²) in [5.41, 5.74) is 0.847. The molecule has 1 aromatic carbocycles. The molecule has 1 aliphatic rings. The molecule has 1 saturated heterocycles. The van der Waals surface area contributed by atoms with Crippen molar-refractivity contribution < 1.29 is 19.1 Å². The fourth-order valence-corrected chi connectivity index (χ4v) is 2.91. The topological polar surface area (TPSA) is 73.7 Å². The van der Waals surface area contributed by atoms with Gasteiger partial charge in [0.1, 0.15) is 0 Å². The first-order chi connectivity index (χ1) is 12.6. The Balaban J connectivity index is 1.64. The third-order valence-corrected chi connectivity index (χ3v) is 4.58. The number of para-hydroxylation sites is 1. The molecule has 26 heavy (non-hydrogen) atoms. The van der Waals surface area contributed by atoms with E-state index in [0.717, 1.165) is 18.5 Å². The zero-order valence-electron chi connectivity index (χ0n) is 15.1. The summed E-state index contributed by atoms with van der Waals surface area (Å²) in [5.74, 6) is 0.0906. The van der Waals surface area contributed by atoms with Gasteiger partial charge in [-0.1, -0.05) is 25.1 Å². The monoisotopic (exact) mass is 357 g/mol. The number of piperidine rings is 1. The molecule has 1 fully saturated rings. The van der Waals surface area contributed by atoms with Crippen LogP contribution in [0.3, 0.4) is 0 Å². The maximum Gasteiger partial charge on any atom is 0.363 e. The number of esters is 1. The molecule has 0 unspecified atom stereocenters. The first-order valence-electron chi connectivity index (χ1n) is 8.72. The molecule has 3 rings (SSSR count). The molecule has 7 nitrogen and oxygen atoms in total. The summed E-state index contributed by atoms with van der Waals surface area (Å²) >= 11 is 0. The number of amides is 1. The predicted molar refractivity (Wildman–Crippen MR) is 95.4 cm³/mol. The molecule has 0 bridgehead atoms. The Labute approximate surface area is 152 Å². The van der Waals surface area contributed by atoms with Crippen LogP contribution in [0.1, 0.15) is 30.3 Å². The van der Waals surface area contributed by atoms with Crippen LogP contribution in [-0.2, 0) is 9.53 Å². The predicted octanol–water partition coefficient (Wildman–Crippen LogP) is 2.30. The van der Waals surface area contributed by atoms with Gasteiger partial charge in [-0.15, -0.1) is 0 Å². The highest BCUT2D eigenvalue weighted by atomic mass is 16.5. The zero-order valence-corrected chi connectivity index (χ0v) is 15.1. The minimum Gasteiger partial charge on any atom is -0.493 e. The van der Waals surface area contributed by atoms with Crippen molar-refractivity contribution in [2.75, 3.05) is 26.8 Å². The standard InChI is InChI=1S/C19H23N3O4/c1-14-8-10-21(11-9-14)17(23)13-26-19(24)18-16(25-2)12-22(20-18)15-6-4-3-5-7-15/h3-7,12,14H,8-11,13H2,1-2H3. The molecule has 138 valence electrons. The van der Waals surface area contributed by atoms with E-state index in [-0.39, 0.29) is 18.2 Å². The Bertz CT molecular complexity index is 764. The van der Waals surface area contributed by atoms with Gasteiger partial charge in [-0.2, -0.15) is 5.10 Å². The number of hydrogen-bond acceptors (Lipinski definition) is 5. The van der Waals surface area contributed by atoms with Gasteiger partial charge < -0.3 is 14.4 Å². The largest absolute Gasteiger partial charge is 0.493 e. The summed E-state index contributed by atoms with van der Waals surface area (Å²) < 4.78 is 11.9. The van der Waals surface area contributed by atoms with Crippen molar-refractivity contribution in [2.24, 2.45) is 5.92 Å². The van der Waals surface area contributed by atoms with Gasteiger partial charge in [-0.05, 0) is 30.9 Å². The maximum absolute atomic E-state index is 12.4. The molecule has 2 aromatic rings. The van der Waals surface area contributed by atoms with Crippen LogP contribution in [0.2, 0.25) is 0 Å². The van der Waals surface area contributed by atoms with Crippen LogP contribution >= 0.6 is 0 Å². The van der Waals surface area contributed by atoms with Crippen molar-refractivity contribution in [1.82, 2.24) is 14.7 Å². The van der Waals surface area contributed by atoms with E-state index in [4.69, 9.17) is 9.47 Å². The normalized spacial score (nSPS) is 14.9. The smallest absolute Gasteiger partial charge is 0.363 e. The quantitative estimate of drug-likeness (QED) is 0.768. The third kappa shape index (κ3) is 4.04. The summed E-state index contributed by atoms with van der Waals surface area (Å²) in [4.78, 5) is 26.3. The zero-order chi connectivity index (χ0) is 18.5. The molecular weight excluding hydrogens is 334 g/mol. The number of ether oxygens (including phenoxy) is 2. The van der Waals surface area contributed by atoms with Gasteiger partial charge in [-0.3, -0.25) is 4.79 Å². The summed E-state index contributed by atoms with van der Waals surface area (Å²) in [5, 5.41) is 4.24. The molecular formula is C19H23N3O4. The lowest BCUT2D eigenvalue weighted by molar-refractivity contribution is -0.135. The van der Waals surface area contributed by atoms with E-state index in [1.54, 1.807) is 15.8 Å². The van der Waals surface area contributed by atoms with Crippen LogP contribution in [0.5, 0.6) is 5.75 Å². The second-order valence-corrected chi connectivity index (χ2v) is 6.47. The Morgan fingerprint density at radius 1 is 1.19 bits per heavy atom. The first kappa shape index (κ1) is 18.0. The van der Waals surface area contributed by atoms with Crippen LogP contribution in [0.15, 0.2) is 36.5 Å². The minimum absolute atomic E-state index is 0.0522. The van der Waals surface area contributed by atoms with Gasteiger partial charge in [0.25, 0.3) is 5.91 Å². The average Bonchev–Trinajstić information content (AvgIpc) is 3.11. The van der Waals surface area contributed by atoms with Crippen molar-refractivity contribution in [3.8, 4) is 11.4 Å². The Kier molecular flexibility index (Phi) is 5.55. The third-order valence-electron chi connectivity index (χ3n) is 4.58. The number of likely N-dealkylation sites (tertiary alicyclic amines) is 1. The fourth-order valence-electron chi connectivity index (χ4n) is 2.91. The van der Waals surface area contributed by atoms with E-state index in [9.17, 15) is 9.59 Å². The molecule has 0 aliphatic carbocycles. The number of carbonyl (C=O) groups excluding carboxylic acids is 2. The minimum atomic E-state index is -0.671. The molecule has 1 aliphatic heterocycles. The Morgan fingerprint density at radius 3 is 2.54 bits per heavy atom. The summed E-state index contributed by atoms with van der Waals surface area (Å²) in [6.45, 7) is 3.32. The van der Waals surface area contributed by atoms with Crippen LogP contribution in [0.4, 0.5) is 0 Å². The van der Waals surface area contributed by atoms with E-state index >= 15 is 0 Å². The molecule has 0 atom stereocenters. The van der Waals surface area contributed by atoms with Gasteiger partial charge in [0.05, 0.1) is 19.0 Å². The van der Waals surface area contributed by atoms with Crippen LogP contribution in [0, 0.1) is 5.92 Å². The second kappa shape index (κ2) is 8.03. The SMILES string of the molecule is COc1cn(-c2ccccc2)nc1C(=O)OCC(=O)N1CCC(C)CC1. The lowest BCUT2D eigenvalue weighted by Crippen LogP contribution is -2.40. The number of benzene rings is 1. The number of nitrogens with zero attached hydrogens (tertiary/aromatic N) is 3. The Morgan fingerprint density at radius 2 is 1.88 bits per heavy atom.